The number of ether oxygens (including phenoxy) is 2. The Morgan fingerprint density at radius 3 is 2.58 bits per heavy atom. The molecule has 1 aliphatic heterocycles. The molecule has 0 bridgehead atoms. The lowest BCUT2D eigenvalue weighted by Crippen LogP contribution is -2.32. The van der Waals surface area contributed by atoms with Crippen molar-refractivity contribution in [2.75, 3.05) is 31.6 Å². The molecule has 1 N–H and O–H groups in total. The molecular weight excluding hydrogens is 308 g/mol. The van der Waals surface area contributed by atoms with E-state index in [1.54, 1.807) is 30.0 Å². The molecule has 2 rings (SSSR count). The van der Waals surface area contributed by atoms with Gasteiger partial charge in [0, 0.05) is 38.2 Å². The number of carbonyl (C=O) groups excluding carboxylic acids is 2. The van der Waals surface area contributed by atoms with E-state index in [4.69, 9.17) is 9.47 Å². The fourth-order valence-electron chi connectivity index (χ4n) is 2.56. The Kier molecular flexibility index (Phi) is 6.90. The Balaban J connectivity index is 1.82. The number of amides is 2. The number of hydrogen-bond donors (Lipinski definition) is 1. The summed E-state index contributed by atoms with van der Waals surface area (Å²) >= 11 is 0. The third kappa shape index (κ3) is 5.44. The molecule has 1 aromatic carbocycles. The molecule has 1 aliphatic rings. The average Bonchev–Trinajstić information content (AvgIpc) is 2.57. The third-order valence-electron chi connectivity index (χ3n) is 3.91. The van der Waals surface area contributed by atoms with Gasteiger partial charge in [-0.15, -0.1) is 0 Å². The summed E-state index contributed by atoms with van der Waals surface area (Å²) in [5.41, 5.74) is 0.671. The van der Waals surface area contributed by atoms with Crippen LogP contribution in [0.4, 0.5) is 5.69 Å². The predicted octanol–water partition coefficient (Wildman–Crippen LogP) is 2.83. The molecule has 0 radical (unpaired) electrons. The first-order valence-corrected chi connectivity index (χ1v) is 8.55. The predicted molar refractivity (Wildman–Crippen MR) is 92.5 cm³/mol. The van der Waals surface area contributed by atoms with Crippen LogP contribution in [0.5, 0.6) is 11.5 Å². The zero-order valence-electron chi connectivity index (χ0n) is 14.5. The molecule has 0 fully saturated rings. The van der Waals surface area contributed by atoms with Gasteiger partial charge in [-0.3, -0.25) is 9.59 Å². The molecule has 1 aromatic rings. The maximum atomic E-state index is 12.1. The molecule has 0 aliphatic carbocycles. The minimum absolute atomic E-state index is 0.0123. The zero-order chi connectivity index (χ0) is 17.4. The molecule has 0 unspecified atom stereocenters. The van der Waals surface area contributed by atoms with E-state index in [0.29, 0.717) is 43.5 Å². The van der Waals surface area contributed by atoms with Gasteiger partial charge in [0.2, 0.25) is 11.8 Å². The number of nitrogens with zero attached hydrogens (tertiary/aromatic N) is 1. The smallest absolute Gasteiger partial charge is 0.226 e. The van der Waals surface area contributed by atoms with Gasteiger partial charge in [-0.1, -0.05) is 19.8 Å². The average molecular weight is 334 g/mol. The minimum atomic E-state index is -0.117. The lowest BCUT2D eigenvalue weighted by Gasteiger charge is -2.21. The van der Waals surface area contributed by atoms with Crippen LogP contribution >= 0.6 is 0 Å². The molecule has 24 heavy (non-hydrogen) atoms. The number of fused-ring (bicyclic) bond motifs is 1. The van der Waals surface area contributed by atoms with E-state index < -0.39 is 0 Å². The second-order valence-electron chi connectivity index (χ2n) is 5.87. The Morgan fingerprint density at radius 1 is 1.12 bits per heavy atom. The molecule has 2 amide bonds. The van der Waals surface area contributed by atoms with E-state index in [2.05, 4.69) is 12.2 Å². The Morgan fingerprint density at radius 2 is 1.88 bits per heavy atom. The van der Waals surface area contributed by atoms with Crippen LogP contribution in [0.25, 0.3) is 0 Å². The normalized spacial score (nSPS) is 12.6. The number of rotatable bonds is 8. The van der Waals surface area contributed by atoms with Crippen LogP contribution in [0.1, 0.15) is 39.5 Å². The Hall–Kier alpha value is -2.24. The second kappa shape index (κ2) is 9.15. The summed E-state index contributed by atoms with van der Waals surface area (Å²) in [5, 5.41) is 2.84. The first-order valence-electron chi connectivity index (χ1n) is 8.55. The van der Waals surface area contributed by atoms with Crippen LogP contribution in [0.2, 0.25) is 0 Å². The molecule has 6 nitrogen and oxygen atoms in total. The van der Waals surface area contributed by atoms with Crippen molar-refractivity contribution in [3.8, 4) is 11.5 Å². The quantitative estimate of drug-likeness (QED) is 0.742. The molecule has 6 heteroatoms. The second-order valence-corrected chi connectivity index (χ2v) is 5.87. The minimum Gasteiger partial charge on any atom is -0.486 e. The number of unbranched alkanes of at least 4 members (excludes halogenated alkanes) is 2. The molecule has 0 atom stereocenters. The first-order chi connectivity index (χ1) is 11.6. The van der Waals surface area contributed by atoms with Crippen molar-refractivity contribution in [1.82, 2.24) is 4.90 Å². The van der Waals surface area contributed by atoms with Crippen molar-refractivity contribution in [2.45, 2.75) is 39.5 Å². The number of hydrogen-bond acceptors (Lipinski definition) is 4. The van der Waals surface area contributed by atoms with Gasteiger partial charge in [0.25, 0.3) is 0 Å². The molecule has 132 valence electrons. The summed E-state index contributed by atoms with van der Waals surface area (Å²) in [5.74, 6) is 1.23. The van der Waals surface area contributed by atoms with Crippen LogP contribution in [0, 0.1) is 0 Å². The van der Waals surface area contributed by atoms with E-state index in [-0.39, 0.29) is 18.2 Å². The highest BCUT2D eigenvalue weighted by Crippen LogP contribution is 2.32. The summed E-state index contributed by atoms with van der Waals surface area (Å²) in [7, 11) is 0. The number of benzene rings is 1. The summed E-state index contributed by atoms with van der Waals surface area (Å²) in [6.07, 6.45) is 3.45. The number of nitrogens with one attached hydrogen (secondary N) is 1. The van der Waals surface area contributed by atoms with Crippen molar-refractivity contribution < 1.29 is 19.1 Å². The van der Waals surface area contributed by atoms with Crippen LogP contribution in [-0.2, 0) is 9.59 Å². The highest BCUT2D eigenvalue weighted by atomic mass is 16.6. The van der Waals surface area contributed by atoms with Crippen LogP contribution in [0.3, 0.4) is 0 Å². The maximum Gasteiger partial charge on any atom is 0.226 e. The molecule has 0 aromatic heterocycles. The molecule has 0 saturated carbocycles. The summed E-state index contributed by atoms with van der Waals surface area (Å²) < 4.78 is 11.0. The van der Waals surface area contributed by atoms with Crippen molar-refractivity contribution in [2.24, 2.45) is 0 Å². The lowest BCUT2D eigenvalue weighted by molar-refractivity contribution is -0.129. The topological polar surface area (TPSA) is 67.9 Å². The van der Waals surface area contributed by atoms with Crippen molar-refractivity contribution in [1.29, 1.82) is 0 Å². The van der Waals surface area contributed by atoms with Gasteiger partial charge in [0.1, 0.15) is 13.2 Å². The highest BCUT2D eigenvalue weighted by Gasteiger charge is 2.14. The van der Waals surface area contributed by atoms with Gasteiger partial charge in [-0.2, -0.15) is 0 Å². The Labute approximate surface area is 143 Å². The van der Waals surface area contributed by atoms with Crippen molar-refractivity contribution >= 4 is 17.5 Å². The summed E-state index contributed by atoms with van der Waals surface area (Å²) in [6.45, 7) is 5.87. The molecule has 0 spiro atoms. The van der Waals surface area contributed by atoms with Gasteiger partial charge < -0.3 is 19.7 Å². The van der Waals surface area contributed by atoms with E-state index in [1.807, 2.05) is 0 Å². The van der Waals surface area contributed by atoms with Crippen LogP contribution in [0.15, 0.2) is 18.2 Å². The van der Waals surface area contributed by atoms with Crippen LogP contribution < -0.4 is 14.8 Å². The van der Waals surface area contributed by atoms with Gasteiger partial charge >= 0.3 is 0 Å². The third-order valence-corrected chi connectivity index (χ3v) is 3.91. The van der Waals surface area contributed by atoms with Crippen molar-refractivity contribution in [3.63, 3.8) is 0 Å². The van der Waals surface area contributed by atoms with E-state index >= 15 is 0 Å². The fraction of sp³-hybridized carbons (Fsp3) is 0.556. The van der Waals surface area contributed by atoms with Crippen LogP contribution in [-0.4, -0.2) is 43.0 Å². The van der Waals surface area contributed by atoms with E-state index in [0.717, 1.165) is 19.3 Å². The summed E-state index contributed by atoms with van der Waals surface area (Å²) in [6, 6.07) is 5.34. The van der Waals surface area contributed by atoms with Gasteiger partial charge in [0.15, 0.2) is 11.5 Å². The van der Waals surface area contributed by atoms with E-state index in [9.17, 15) is 9.59 Å². The first kappa shape index (κ1) is 18.1. The lowest BCUT2D eigenvalue weighted by atomic mass is 10.2. The zero-order valence-corrected chi connectivity index (χ0v) is 14.5. The number of carbonyl (C=O) groups is 2. The molecule has 1 heterocycles. The largest absolute Gasteiger partial charge is 0.486 e. The number of anilines is 1. The summed E-state index contributed by atoms with van der Waals surface area (Å²) in [4.78, 5) is 25.5. The maximum absolute atomic E-state index is 12.1. The van der Waals surface area contributed by atoms with Gasteiger partial charge in [0.05, 0.1) is 0 Å². The molecule has 0 saturated heterocycles. The molecular formula is C18H26N2O4. The standard InChI is InChI=1S/C18H26N2O4/c1-3-4-5-9-20(14(2)21)10-8-18(22)19-15-6-7-16-17(13-15)24-12-11-23-16/h6-7,13H,3-5,8-12H2,1-2H3,(H,19,22). The van der Waals surface area contributed by atoms with Crippen molar-refractivity contribution in [3.05, 3.63) is 18.2 Å². The SMILES string of the molecule is CCCCCN(CCC(=O)Nc1ccc2c(c1)OCCO2)C(C)=O. The monoisotopic (exact) mass is 334 g/mol. The van der Waals surface area contributed by atoms with E-state index in [1.165, 1.54) is 0 Å². The fourth-order valence-corrected chi connectivity index (χ4v) is 2.56. The Bertz CT molecular complexity index is 574. The highest BCUT2D eigenvalue weighted by molar-refractivity contribution is 5.91. The van der Waals surface area contributed by atoms with Gasteiger partial charge in [-0.25, -0.2) is 0 Å². The van der Waals surface area contributed by atoms with Gasteiger partial charge in [-0.05, 0) is 18.6 Å².